The minimum absolute atomic E-state index is 0.647. The number of para-hydroxylation sites is 3. The van der Waals surface area contributed by atoms with Gasteiger partial charge in [0.15, 0.2) is 25.4 Å². The highest BCUT2D eigenvalue weighted by Gasteiger charge is 2.42. The summed E-state index contributed by atoms with van der Waals surface area (Å²) in [5.41, 5.74) is 11.3. The van der Waals surface area contributed by atoms with E-state index in [4.69, 9.17) is 9.10 Å². The minimum atomic E-state index is -3.17. The molecule has 4 nitrogen and oxygen atoms in total. The highest BCUT2D eigenvalue weighted by Crippen LogP contribution is 2.41. The molecule has 9 aromatic carbocycles. The van der Waals surface area contributed by atoms with Crippen molar-refractivity contribution in [2.75, 3.05) is 0 Å². The molecule has 0 aliphatic heterocycles. The maximum atomic E-state index is 8.42. The largest absolute Gasteiger partial charge is 0.294 e. The van der Waals surface area contributed by atoms with Crippen LogP contribution in [-0.2, 0) is 6.98 Å². The van der Waals surface area contributed by atoms with Crippen LogP contribution in [0, 0.1) is 0 Å². The van der Waals surface area contributed by atoms with Crippen LogP contribution < -0.4 is 20.7 Å². The van der Waals surface area contributed by atoms with Gasteiger partial charge in [-0.3, -0.25) is 4.57 Å². The fourth-order valence-electron chi connectivity index (χ4n) is 10.3. The Morgan fingerprint density at radius 1 is 0.424 bits per heavy atom. The van der Waals surface area contributed by atoms with Crippen LogP contribution in [0.5, 0.6) is 0 Å². The number of benzene rings is 9. The number of aryl methyl sites for hydroxylation is 1. The molecule has 0 atom stereocenters. The van der Waals surface area contributed by atoms with Crippen LogP contribution in [0.4, 0.5) is 0 Å². The Bertz CT molecular complexity index is 3730. The summed E-state index contributed by atoms with van der Waals surface area (Å²) < 4.78 is 31.0. The van der Waals surface area contributed by atoms with Crippen LogP contribution in [0.25, 0.3) is 77.7 Å². The van der Waals surface area contributed by atoms with Crippen LogP contribution in [0.1, 0.15) is 4.11 Å². The first kappa shape index (κ1) is 36.0. The third-order valence-corrected chi connectivity index (χ3v) is 18.0. The summed E-state index contributed by atoms with van der Waals surface area (Å²) in [6.45, 7) is -2.35. The lowest BCUT2D eigenvalue weighted by Gasteiger charge is -2.34. The summed E-state index contributed by atoms with van der Waals surface area (Å²) in [5.74, 6) is 0.827. The quantitative estimate of drug-likeness (QED) is 0.0807. The summed E-state index contributed by atoms with van der Waals surface area (Å²) in [6.07, 6.45) is 3.67. The van der Waals surface area contributed by atoms with Gasteiger partial charge in [0.2, 0.25) is 0 Å². The van der Waals surface area contributed by atoms with E-state index in [-0.39, 0.29) is 0 Å². The smallest absolute Gasteiger partial charge is 0.191 e. The fraction of sp³-hybridized carbons (Fsp3) is 0.0164. The molecule has 5 heteroatoms. The molecular formula is C61H45N4Si+. The molecule has 0 spiro atoms. The van der Waals surface area contributed by atoms with E-state index in [1.54, 1.807) is 6.33 Å². The van der Waals surface area contributed by atoms with Gasteiger partial charge in [0.1, 0.15) is 11.5 Å². The Balaban J connectivity index is 1.12. The van der Waals surface area contributed by atoms with E-state index < -0.39 is 15.0 Å². The number of rotatable bonds is 9. The van der Waals surface area contributed by atoms with Gasteiger partial charge in [-0.15, -0.1) is 0 Å². The maximum absolute atomic E-state index is 8.42. The van der Waals surface area contributed by atoms with Crippen LogP contribution in [0.15, 0.2) is 255 Å². The third kappa shape index (κ3) is 6.43. The standard InChI is InChI=1S/C61H45N4Si/c1-63-43-64(58-35-17-16-34-57(58)63)47-24-18-29-50(41-47)66(48-25-10-4-11-26-48,49-27-12-5-13-28-49)51-36-37-55-54-30-14-15-33-56(54)65(59(55)42-51)60-40-46(38-39-62-60)61-52(44-20-6-2-7-21-44)31-19-32-53(61)45-22-8-3-9-23-45/h2-43H,1H3/q+1/i1D3. The molecule has 0 fully saturated rings. The van der Waals surface area contributed by atoms with Gasteiger partial charge in [-0.25, -0.2) is 9.55 Å². The average molecular weight is 865 g/mol. The van der Waals surface area contributed by atoms with Crippen LogP contribution in [0.2, 0.25) is 0 Å². The van der Waals surface area contributed by atoms with Gasteiger partial charge in [0.25, 0.3) is 0 Å². The number of imidazole rings is 1. The molecule has 12 aromatic rings. The van der Waals surface area contributed by atoms with Crippen molar-refractivity contribution in [3.8, 4) is 44.9 Å². The van der Waals surface area contributed by atoms with Gasteiger partial charge in [0.05, 0.1) is 11.0 Å². The zero-order valence-corrected chi connectivity index (χ0v) is 37.0. The summed E-state index contributed by atoms with van der Waals surface area (Å²) in [7, 11) is -3.17. The molecular weight excluding hydrogens is 817 g/mol. The fourth-order valence-corrected chi connectivity index (χ4v) is 15.1. The number of fused-ring (bicyclic) bond motifs is 4. The van der Waals surface area contributed by atoms with Gasteiger partial charge in [-0.2, -0.15) is 4.57 Å². The molecule has 0 unspecified atom stereocenters. The Hall–Kier alpha value is -8.38. The number of nitrogens with zero attached hydrogens (tertiary/aromatic N) is 4. The molecule has 0 saturated carbocycles. The molecule has 66 heavy (non-hydrogen) atoms. The van der Waals surface area contributed by atoms with E-state index in [0.717, 1.165) is 72.2 Å². The molecule has 0 N–H and O–H groups in total. The Labute approximate surface area is 389 Å². The van der Waals surface area contributed by atoms with E-state index in [1.165, 1.54) is 25.3 Å². The topological polar surface area (TPSA) is 27.7 Å². The van der Waals surface area contributed by atoms with E-state index >= 15 is 0 Å². The van der Waals surface area contributed by atoms with E-state index in [0.29, 0.717) is 5.52 Å². The summed E-state index contributed by atoms with van der Waals surface area (Å²) in [6, 6.07) is 86.3. The molecule has 0 aliphatic carbocycles. The summed E-state index contributed by atoms with van der Waals surface area (Å²) in [4.78, 5) is 5.20. The van der Waals surface area contributed by atoms with Gasteiger partial charge in [0, 0.05) is 52.3 Å². The zero-order valence-electron chi connectivity index (χ0n) is 39.0. The predicted octanol–water partition coefficient (Wildman–Crippen LogP) is 12.1. The average Bonchev–Trinajstić information content (AvgIpc) is 3.97. The highest BCUT2D eigenvalue weighted by atomic mass is 28.3. The first-order chi connectivity index (χ1) is 33.9. The van der Waals surface area contributed by atoms with Crippen molar-refractivity contribution < 1.29 is 4.11 Å². The normalized spacial score (nSPS) is 12.6. The van der Waals surface area contributed by atoms with Crippen molar-refractivity contribution >= 4 is 61.7 Å². The number of hydrogen-bond acceptors (Lipinski definition) is 1. The molecule has 0 saturated heterocycles. The number of aromatic nitrogens is 4. The van der Waals surface area contributed by atoms with Crippen LogP contribution >= 0.6 is 0 Å². The third-order valence-electron chi connectivity index (χ3n) is 13.2. The van der Waals surface area contributed by atoms with Gasteiger partial charge in [-0.05, 0) is 90.5 Å². The second kappa shape index (κ2) is 16.3. The van der Waals surface area contributed by atoms with Crippen molar-refractivity contribution in [1.82, 2.24) is 18.7 Å². The molecule has 0 radical (unpaired) electrons. The molecule has 3 heterocycles. The molecule has 3 aromatic heterocycles. The Morgan fingerprint density at radius 2 is 0.970 bits per heavy atom. The number of pyridine rings is 1. The second-order valence-corrected chi connectivity index (χ2v) is 20.6. The molecule has 0 amide bonds. The van der Waals surface area contributed by atoms with Gasteiger partial charge < -0.3 is 0 Å². The Kier molecular flexibility index (Phi) is 8.90. The molecule has 312 valence electrons. The van der Waals surface area contributed by atoms with Crippen LogP contribution in [0.3, 0.4) is 0 Å². The van der Waals surface area contributed by atoms with E-state index in [2.05, 4.69) is 223 Å². The number of hydrogen-bond donors (Lipinski definition) is 0. The predicted molar refractivity (Wildman–Crippen MR) is 279 cm³/mol. The van der Waals surface area contributed by atoms with Crippen molar-refractivity contribution in [2.45, 2.75) is 0 Å². The molecule has 12 rings (SSSR count). The van der Waals surface area contributed by atoms with Crippen molar-refractivity contribution in [3.63, 3.8) is 0 Å². The minimum Gasteiger partial charge on any atom is -0.294 e. The van der Waals surface area contributed by atoms with Crippen molar-refractivity contribution in [1.29, 1.82) is 0 Å². The van der Waals surface area contributed by atoms with Crippen molar-refractivity contribution in [2.24, 2.45) is 6.98 Å². The van der Waals surface area contributed by atoms with Gasteiger partial charge in [-0.1, -0.05) is 182 Å². The zero-order chi connectivity index (χ0) is 46.5. The first-order valence-electron chi connectivity index (χ1n) is 23.9. The van der Waals surface area contributed by atoms with Gasteiger partial charge >= 0.3 is 0 Å². The van der Waals surface area contributed by atoms with Crippen molar-refractivity contribution in [3.05, 3.63) is 255 Å². The molecule has 0 bridgehead atoms. The SMILES string of the molecule is [2H]C([2H])([2H])n1[cH+]n(-c2cccc([Si](c3ccccc3)(c3ccccc3)c3ccc4c5ccccc5n(-c5cc(-c6c(-c7ccccc7)cccc6-c6ccccc6)ccn5)c4c3)c2)c2ccccc21. The lowest BCUT2D eigenvalue weighted by atomic mass is 9.88. The lowest BCUT2D eigenvalue weighted by molar-refractivity contribution is 0.911. The monoisotopic (exact) mass is 864 g/mol. The van der Waals surface area contributed by atoms with E-state index in [1.807, 2.05) is 35.0 Å². The van der Waals surface area contributed by atoms with E-state index in [9.17, 15) is 0 Å². The second-order valence-electron chi connectivity index (χ2n) is 16.8. The maximum Gasteiger partial charge on any atom is 0.191 e. The first-order valence-corrected chi connectivity index (χ1v) is 24.4. The summed E-state index contributed by atoms with van der Waals surface area (Å²) >= 11 is 0. The summed E-state index contributed by atoms with van der Waals surface area (Å²) in [5, 5.41) is 7.13. The van der Waals surface area contributed by atoms with Crippen LogP contribution in [-0.4, -0.2) is 26.8 Å². The lowest BCUT2D eigenvalue weighted by Crippen LogP contribution is -2.74. The Morgan fingerprint density at radius 3 is 1.64 bits per heavy atom. The molecule has 0 aliphatic rings. The highest BCUT2D eigenvalue weighted by molar-refractivity contribution is 7.20.